The van der Waals surface area contributed by atoms with Crippen LogP contribution < -0.4 is 0 Å². The number of thiazole rings is 1. The van der Waals surface area contributed by atoms with E-state index in [1.54, 1.807) is 30.3 Å². The molecule has 134 valence electrons. The lowest BCUT2D eigenvalue weighted by atomic mass is 9.77. The summed E-state index contributed by atoms with van der Waals surface area (Å²) in [4.78, 5) is 21.5. The van der Waals surface area contributed by atoms with Crippen molar-refractivity contribution in [2.24, 2.45) is 5.41 Å². The summed E-state index contributed by atoms with van der Waals surface area (Å²) in [6.07, 6.45) is 2.29. The third-order valence-electron chi connectivity index (χ3n) is 5.17. The molecule has 1 aromatic rings. The Labute approximate surface area is 147 Å². The Kier molecular flexibility index (Phi) is 5.54. The highest BCUT2D eigenvalue weighted by Gasteiger charge is 2.48. The zero-order valence-corrected chi connectivity index (χ0v) is 15.6. The van der Waals surface area contributed by atoms with Crippen LogP contribution in [-0.2, 0) is 20.8 Å². The first-order chi connectivity index (χ1) is 11.5. The Morgan fingerprint density at radius 3 is 3.12 bits per heavy atom. The lowest BCUT2D eigenvalue weighted by molar-refractivity contribution is -0.136. The highest BCUT2D eigenvalue weighted by molar-refractivity contribution is 7.09. The molecule has 0 spiro atoms. The molecule has 0 saturated carbocycles. The van der Waals surface area contributed by atoms with E-state index in [1.807, 2.05) is 5.51 Å². The molecule has 0 aromatic carbocycles. The second-order valence-corrected chi connectivity index (χ2v) is 8.05. The molecule has 0 N–H and O–H groups in total. The Balaban J connectivity index is 1.60. The van der Waals surface area contributed by atoms with E-state index in [1.165, 1.54) is 4.88 Å². The van der Waals surface area contributed by atoms with E-state index in [2.05, 4.69) is 16.8 Å². The maximum Gasteiger partial charge on any atom is 0.248 e. The molecule has 0 bridgehead atoms. The number of ether oxygens (including phenoxy) is 2. The van der Waals surface area contributed by atoms with Gasteiger partial charge in [0.15, 0.2) is 0 Å². The monoisotopic (exact) mass is 353 g/mol. The number of hydrogen-bond donors (Lipinski definition) is 0. The fraction of sp³-hybridized carbons (Fsp3) is 0.765. The molecule has 2 aliphatic rings. The molecule has 2 aliphatic heterocycles. The second-order valence-electron chi connectivity index (χ2n) is 7.11. The van der Waals surface area contributed by atoms with E-state index in [-0.39, 0.29) is 24.0 Å². The van der Waals surface area contributed by atoms with E-state index in [4.69, 9.17) is 9.47 Å². The van der Waals surface area contributed by atoms with Crippen LogP contribution in [0.3, 0.4) is 0 Å². The number of likely N-dealkylation sites (tertiary alicyclic amines) is 1. The summed E-state index contributed by atoms with van der Waals surface area (Å²) in [5, 5.41) is 0. The van der Waals surface area contributed by atoms with Crippen molar-refractivity contribution in [3.63, 3.8) is 0 Å². The number of amides is 1. The molecular weight excluding hydrogens is 326 g/mol. The third kappa shape index (κ3) is 3.79. The first kappa shape index (κ1) is 17.8. The predicted octanol–water partition coefficient (Wildman–Crippen LogP) is 1.54. The Morgan fingerprint density at radius 2 is 2.42 bits per heavy atom. The SMILES string of the molecule is Cc1ncsc1CN1CC[C@H]2OCC[C@@]2(COCC(=O)N(C)C)C1. The van der Waals surface area contributed by atoms with E-state index in [0.717, 1.165) is 44.8 Å². The number of nitrogens with zero attached hydrogens (tertiary/aromatic N) is 3. The standard InChI is InChI=1S/C17H27N3O3S/c1-13-14(24-12-18-13)8-20-6-4-15-17(10-20,5-7-23-15)11-22-9-16(21)19(2)3/h12,15H,4-11H2,1-3H3/t15-,17+/m1/s1. The summed E-state index contributed by atoms with van der Waals surface area (Å²) in [6.45, 7) is 6.56. The van der Waals surface area contributed by atoms with Crippen LogP contribution in [0.25, 0.3) is 0 Å². The number of aromatic nitrogens is 1. The van der Waals surface area contributed by atoms with Crippen molar-refractivity contribution < 1.29 is 14.3 Å². The summed E-state index contributed by atoms with van der Waals surface area (Å²) >= 11 is 1.73. The molecule has 7 heteroatoms. The molecule has 3 heterocycles. The van der Waals surface area contributed by atoms with E-state index in [9.17, 15) is 4.79 Å². The van der Waals surface area contributed by atoms with Gasteiger partial charge in [-0.3, -0.25) is 9.69 Å². The maximum atomic E-state index is 11.7. The largest absolute Gasteiger partial charge is 0.377 e. The summed E-state index contributed by atoms with van der Waals surface area (Å²) in [6, 6.07) is 0. The molecule has 1 amide bonds. The minimum atomic E-state index is 0.00909. The van der Waals surface area contributed by atoms with Crippen molar-refractivity contribution in [1.82, 2.24) is 14.8 Å². The van der Waals surface area contributed by atoms with Crippen LogP contribution in [0, 0.1) is 12.3 Å². The number of likely N-dealkylation sites (N-methyl/N-ethyl adjacent to an activating group) is 1. The molecule has 2 saturated heterocycles. The van der Waals surface area contributed by atoms with Gasteiger partial charge < -0.3 is 14.4 Å². The average molecular weight is 353 g/mol. The first-order valence-electron chi connectivity index (χ1n) is 8.51. The average Bonchev–Trinajstić information content (AvgIpc) is 3.13. The number of fused-ring (bicyclic) bond motifs is 1. The van der Waals surface area contributed by atoms with E-state index in [0.29, 0.717) is 6.61 Å². The molecule has 0 aliphatic carbocycles. The van der Waals surface area contributed by atoms with Gasteiger partial charge in [-0.25, -0.2) is 4.98 Å². The fourth-order valence-electron chi connectivity index (χ4n) is 3.63. The van der Waals surface area contributed by atoms with Crippen LogP contribution in [0.1, 0.15) is 23.4 Å². The van der Waals surface area contributed by atoms with Crippen LogP contribution in [0.15, 0.2) is 5.51 Å². The lowest BCUT2D eigenvalue weighted by Crippen LogP contribution is -2.51. The fourth-order valence-corrected chi connectivity index (χ4v) is 4.45. The molecule has 0 unspecified atom stereocenters. The molecule has 24 heavy (non-hydrogen) atoms. The number of hydrogen-bond acceptors (Lipinski definition) is 6. The molecule has 2 fully saturated rings. The minimum Gasteiger partial charge on any atom is -0.377 e. The smallest absolute Gasteiger partial charge is 0.248 e. The van der Waals surface area contributed by atoms with Crippen molar-refractivity contribution in [2.75, 3.05) is 47.0 Å². The van der Waals surface area contributed by atoms with Crippen LogP contribution in [0.2, 0.25) is 0 Å². The number of aryl methyl sites for hydroxylation is 1. The maximum absolute atomic E-state index is 11.7. The normalized spacial score (nSPS) is 27.2. The molecular formula is C17H27N3O3S. The van der Waals surface area contributed by atoms with Gasteiger partial charge in [0.2, 0.25) is 5.91 Å². The van der Waals surface area contributed by atoms with Crippen molar-refractivity contribution in [3.8, 4) is 0 Å². The van der Waals surface area contributed by atoms with Crippen LogP contribution in [-0.4, -0.2) is 73.8 Å². The van der Waals surface area contributed by atoms with Gasteiger partial charge in [-0.1, -0.05) is 0 Å². The van der Waals surface area contributed by atoms with Gasteiger partial charge >= 0.3 is 0 Å². The van der Waals surface area contributed by atoms with Gasteiger partial charge in [0.1, 0.15) is 6.61 Å². The Morgan fingerprint density at radius 1 is 1.58 bits per heavy atom. The second kappa shape index (κ2) is 7.47. The highest BCUT2D eigenvalue weighted by atomic mass is 32.1. The van der Waals surface area contributed by atoms with Crippen LogP contribution >= 0.6 is 11.3 Å². The third-order valence-corrected chi connectivity index (χ3v) is 6.09. The van der Waals surface area contributed by atoms with Gasteiger partial charge in [0.05, 0.1) is 23.9 Å². The Hall–Kier alpha value is -1.02. The Bertz CT molecular complexity index is 577. The zero-order chi connectivity index (χ0) is 17.2. The summed E-state index contributed by atoms with van der Waals surface area (Å²) < 4.78 is 11.8. The molecule has 6 nitrogen and oxygen atoms in total. The quantitative estimate of drug-likeness (QED) is 0.776. The van der Waals surface area contributed by atoms with Gasteiger partial charge in [-0.2, -0.15) is 0 Å². The highest BCUT2D eigenvalue weighted by Crippen LogP contribution is 2.41. The van der Waals surface area contributed by atoms with Gasteiger partial charge in [0, 0.05) is 50.6 Å². The number of piperidine rings is 1. The van der Waals surface area contributed by atoms with Gasteiger partial charge in [-0.05, 0) is 19.8 Å². The molecule has 2 atom stereocenters. The van der Waals surface area contributed by atoms with Crippen LogP contribution in [0.5, 0.6) is 0 Å². The van der Waals surface area contributed by atoms with Crippen molar-refractivity contribution >= 4 is 17.2 Å². The summed E-state index contributed by atoms with van der Waals surface area (Å²) in [5.41, 5.74) is 3.07. The molecule has 3 rings (SSSR count). The first-order valence-corrected chi connectivity index (χ1v) is 9.39. The minimum absolute atomic E-state index is 0.00909. The number of carbonyl (C=O) groups is 1. The summed E-state index contributed by atoms with van der Waals surface area (Å²) in [5.74, 6) is 0.00909. The molecule has 0 radical (unpaired) electrons. The van der Waals surface area contributed by atoms with Gasteiger partial charge in [0.25, 0.3) is 0 Å². The van der Waals surface area contributed by atoms with E-state index >= 15 is 0 Å². The van der Waals surface area contributed by atoms with Crippen molar-refractivity contribution in [3.05, 3.63) is 16.1 Å². The topological polar surface area (TPSA) is 54.9 Å². The van der Waals surface area contributed by atoms with Crippen molar-refractivity contribution in [2.45, 2.75) is 32.4 Å². The van der Waals surface area contributed by atoms with Crippen LogP contribution in [0.4, 0.5) is 0 Å². The molecule has 1 aromatic heterocycles. The van der Waals surface area contributed by atoms with E-state index < -0.39 is 0 Å². The summed E-state index contributed by atoms with van der Waals surface area (Å²) in [7, 11) is 3.51. The van der Waals surface area contributed by atoms with Crippen molar-refractivity contribution in [1.29, 1.82) is 0 Å². The number of rotatable bonds is 6. The van der Waals surface area contributed by atoms with Gasteiger partial charge in [-0.15, -0.1) is 11.3 Å². The number of carbonyl (C=O) groups excluding carboxylic acids is 1. The predicted molar refractivity (Wildman–Crippen MR) is 93.0 cm³/mol. The lowest BCUT2D eigenvalue weighted by Gasteiger charge is -2.43. The zero-order valence-electron chi connectivity index (χ0n) is 14.8.